The van der Waals surface area contributed by atoms with Crippen LogP contribution in [0.25, 0.3) is 0 Å². The van der Waals surface area contributed by atoms with Crippen molar-refractivity contribution in [3.05, 3.63) is 12.2 Å². The molecule has 36 heavy (non-hydrogen) atoms. The second kappa shape index (κ2) is 8.96. The summed E-state index contributed by atoms with van der Waals surface area (Å²) in [5, 5.41) is 0. The van der Waals surface area contributed by atoms with E-state index in [2.05, 4.69) is 4.74 Å². The van der Waals surface area contributed by atoms with Crippen LogP contribution >= 0.6 is 0 Å². The fourth-order valence-electron chi connectivity index (χ4n) is 2.27. The first-order chi connectivity index (χ1) is 15.5. The third kappa shape index (κ3) is 6.06. The summed E-state index contributed by atoms with van der Waals surface area (Å²) in [6.07, 6.45) is -51.6. The van der Waals surface area contributed by atoms with E-state index >= 15 is 0 Å². The first-order valence-corrected chi connectivity index (χ1v) is 8.33. The molecule has 1 rings (SSSR count). The fourth-order valence-corrected chi connectivity index (χ4v) is 2.27. The van der Waals surface area contributed by atoms with E-state index < -0.39 is 67.1 Å². The van der Waals surface area contributed by atoms with Gasteiger partial charge in [-0.1, -0.05) is 12.2 Å². The summed E-state index contributed by atoms with van der Waals surface area (Å²) in [6, 6.07) is 0. The quantitative estimate of drug-likeness (QED) is 0.194. The molecule has 22 heteroatoms. The number of hydrogen-bond acceptors (Lipinski definition) is 4. The van der Waals surface area contributed by atoms with Crippen molar-refractivity contribution in [2.24, 2.45) is 5.92 Å². The van der Waals surface area contributed by atoms with Crippen LogP contribution in [0.15, 0.2) is 12.2 Å². The highest BCUT2D eigenvalue weighted by Crippen LogP contribution is 2.59. The minimum atomic E-state index is -7.60. The minimum Gasteiger partial charge on any atom is -0.269 e. The molecule has 0 radical (unpaired) electrons. The first-order valence-electron chi connectivity index (χ1n) is 8.33. The number of ether oxygens (including phenoxy) is 4. The van der Waals surface area contributed by atoms with Crippen LogP contribution in [0.2, 0.25) is 0 Å². The van der Waals surface area contributed by atoms with Crippen LogP contribution in [0.1, 0.15) is 13.3 Å². The molecule has 0 amide bonds. The molecule has 1 fully saturated rings. The third-order valence-electron chi connectivity index (χ3n) is 3.93. The van der Waals surface area contributed by atoms with E-state index in [1.807, 2.05) is 0 Å². The number of rotatable bonds is 11. The summed E-state index contributed by atoms with van der Waals surface area (Å²) >= 11 is 0. The summed E-state index contributed by atoms with van der Waals surface area (Å²) in [4.78, 5) is 0. The van der Waals surface area contributed by atoms with Gasteiger partial charge in [-0.3, -0.25) is 4.74 Å². The van der Waals surface area contributed by atoms with E-state index in [0.717, 1.165) is 13.0 Å². The normalized spacial score (nSPS) is 24.8. The Labute approximate surface area is 185 Å². The standard InChI is InChI=1S/C14H8F18O4/c1-2-3-5-4-6(15,16)7(5,17)33-8(18,19)9(20,21)34-10(22,23)11(24,25)35-12(26,27)13(28,29)36-14(30,31)32/h2-3,5H,4H2,1H3. The lowest BCUT2D eigenvalue weighted by Gasteiger charge is -2.49. The fraction of sp³-hybridized carbons (Fsp3) is 0.857. The molecule has 0 bridgehead atoms. The molecule has 1 saturated carbocycles. The van der Waals surface area contributed by atoms with Crippen molar-refractivity contribution >= 4 is 0 Å². The molecule has 0 N–H and O–H groups in total. The molecule has 0 spiro atoms. The second-order valence-corrected chi connectivity index (χ2v) is 6.64. The molecule has 4 nitrogen and oxygen atoms in total. The predicted octanol–water partition coefficient (Wildman–Crippen LogP) is 7.03. The lowest BCUT2D eigenvalue weighted by atomic mass is 9.75. The van der Waals surface area contributed by atoms with Gasteiger partial charge in [0.05, 0.1) is 0 Å². The molecule has 214 valence electrons. The van der Waals surface area contributed by atoms with Gasteiger partial charge in [0.25, 0.3) is 5.85 Å². The van der Waals surface area contributed by atoms with Crippen LogP contribution in [0.3, 0.4) is 0 Å². The number of alkyl halides is 18. The van der Waals surface area contributed by atoms with Gasteiger partial charge in [-0.15, -0.1) is 13.2 Å². The van der Waals surface area contributed by atoms with Gasteiger partial charge in [-0.2, -0.15) is 52.7 Å². The molecule has 1 aliphatic rings. The Morgan fingerprint density at radius 3 is 1.22 bits per heavy atom. The summed E-state index contributed by atoms with van der Waals surface area (Å²) < 4.78 is 241. The van der Waals surface area contributed by atoms with Gasteiger partial charge in [0, 0.05) is 12.3 Å². The number of halogens is 18. The highest BCUT2D eigenvalue weighted by Gasteiger charge is 2.80. The highest BCUT2D eigenvalue weighted by atomic mass is 19.4. The smallest absolute Gasteiger partial charge is 0.269 e. The molecule has 1 aliphatic carbocycles. The maximum absolute atomic E-state index is 14.2. The number of hydrogen-bond donors (Lipinski definition) is 0. The Morgan fingerprint density at radius 1 is 0.583 bits per heavy atom. The van der Waals surface area contributed by atoms with Crippen LogP contribution in [0.5, 0.6) is 0 Å². The van der Waals surface area contributed by atoms with E-state index in [9.17, 15) is 79.0 Å². The van der Waals surface area contributed by atoms with Crippen LogP contribution in [0, 0.1) is 5.92 Å². The summed E-state index contributed by atoms with van der Waals surface area (Å²) in [6.45, 7) is 0.981. The van der Waals surface area contributed by atoms with E-state index in [0.29, 0.717) is 6.08 Å². The average molecular weight is 582 g/mol. The summed E-state index contributed by atoms with van der Waals surface area (Å²) in [5.41, 5.74) is 0. The molecule has 0 aliphatic heterocycles. The van der Waals surface area contributed by atoms with Gasteiger partial charge < -0.3 is 0 Å². The maximum atomic E-state index is 14.2. The topological polar surface area (TPSA) is 36.9 Å². The molecule has 2 atom stereocenters. The van der Waals surface area contributed by atoms with Gasteiger partial charge >= 0.3 is 48.9 Å². The summed E-state index contributed by atoms with van der Waals surface area (Å²) in [7, 11) is 0. The van der Waals surface area contributed by atoms with E-state index in [1.54, 1.807) is 4.74 Å². The van der Waals surface area contributed by atoms with Crippen LogP contribution in [0.4, 0.5) is 79.0 Å². The zero-order valence-corrected chi connectivity index (χ0v) is 16.4. The van der Waals surface area contributed by atoms with Gasteiger partial charge in [0.15, 0.2) is 0 Å². The monoisotopic (exact) mass is 582 g/mol. The largest absolute Gasteiger partial charge is 0.527 e. The Bertz CT molecular complexity index is 821. The molecule has 0 aromatic rings. The highest BCUT2D eigenvalue weighted by molar-refractivity contribution is 5.12. The van der Waals surface area contributed by atoms with Crippen molar-refractivity contribution in [1.29, 1.82) is 0 Å². The minimum absolute atomic E-state index is 0.356. The predicted molar refractivity (Wildman–Crippen MR) is 71.8 cm³/mol. The van der Waals surface area contributed by atoms with Crippen molar-refractivity contribution in [3.63, 3.8) is 0 Å². The Hall–Kier alpha value is -1.68. The summed E-state index contributed by atoms with van der Waals surface area (Å²) in [5.74, 6) is -12.5. The second-order valence-electron chi connectivity index (χ2n) is 6.64. The van der Waals surface area contributed by atoms with Crippen molar-refractivity contribution in [2.75, 3.05) is 0 Å². The molecule has 2 unspecified atom stereocenters. The molecule has 0 saturated heterocycles. The lowest BCUT2D eigenvalue weighted by molar-refractivity contribution is -0.583. The third-order valence-corrected chi connectivity index (χ3v) is 3.93. The van der Waals surface area contributed by atoms with Crippen molar-refractivity contribution in [2.45, 2.75) is 68.1 Å². The van der Waals surface area contributed by atoms with E-state index in [-0.39, 0.29) is 0 Å². The van der Waals surface area contributed by atoms with E-state index in [1.165, 1.54) is 9.47 Å². The molecular weight excluding hydrogens is 574 g/mol. The average Bonchev–Trinajstić information content (AvgIpc) is 2.56. The van der Waals surface area contributed by atoms with Gasteiger partial charge in [0.2, 0.25) is 0 Å². The van der Waals surface area contributed by atoms with E-state index in [4.69, 9.17) is 0 Å². The number of allylic oxidation sites excluding steroid dienone is 1. The molecular formula is C14H8F18O4. The van der Waals surface area contributed by atoms with Crippen LogP contribution < -0.4 is 0 Å². The SMILES string of the molecule is CC=CC1CC(F)(F)C1(F)OC(F)(F)C(F)(F)OC(F)(F)C(F)(F)OC(F)(F)C(F)(F)OC(F)(F)F. The zero-order chi connectivity index (χ0) is 29.0. The van der Waals surface area contributed by atoms with Crippen LogP contribution in [-0.4, -0.2) is 54.8 Å². The van der Waals surface area contributed by atoms with Gasteiger partial charge in [0.1, 0.15) is 0 Å². The van der Waals surface area contributed by atoms with Crippen LogP contribution in [-0.2, 0) is 18.9 Å². The Kier molecular flexibility index (Phi) is 8.05. The zero-order valence-electron chi connectivity index (χ0n) is 16.4. The molecule has 0 aromatic carbocycles. The first kappa shape index (κ1) is 32.3. The van der Waals surface area contributed by atoms with Crippen molar-refractivity contribution < 1.29 is 98.0 Å². The van der Waals surface area contributed by atoms with Gasteiger partial charge in [-0.25, -0.2) is 27.4 Å². The maximum Gasteiger partial charge on any atom is 0.527 e. The van der Waals surface area contributed by atoms with Gasteiger partial charge in [-0.05, 0) is 6.92 Å². The Morgan fingerprint density at radius 2 is 0.917 bits per heavy atom. The van der Waals surface area contributed by atoms with Crippen molar-refractivity contribution in [3.8, 4) is 0 Å². The van der Waals surface area contributed by atoms with Crippen molar-refractivity contribution in [1.82, 2.24) is 0 Å². The lowest BCUT2D eigenvalue weighted by Crippen LogP contribution is -2.67. The Balaban J connectivity index is 3.20. The molecule has 0 aromatic heterocycles. The molecule has 0 heterocycles.